The van der Waals surface area contributed by atoms with Gasteiger partial charge in [0.05, 0.1) is 12.6 Å². The fourth-order valence-electron chi connectivity index (χ4n) is 1.78. The molecular weight excluding hydrogens is 180 g/mol. The number of carbonyl (C=O) groups is 1. The van der Waals surface area contributed by atoms with Crippen LogP contribution in [-0.2, 0) is 4.79 Å². The lowest BCUT2D eigenvalue weighted by Crippen LogP contribution is -2.53. The van der Waals surface area contributed by atoms with E-state index >= 15 is 0 Å². The van der Waals surface area contributed by atoms with E-state index in [0.717, 1.165) is 19.4 Å². The van der Waals surface area contributed by atoms with Gasteiger partial charge in [-0.25, -0.2) is 0 Å². The summed E-state index contributed by atoms with van der Waals surface area (Å²) in [7, 11) is 0. The third-order valence-corrected chi connectivity index (χ3v) is 2.71. The Balaban J connectivity index is 2.42. The Morgan fingerprint density at radius 3 is 3.00 bits per heavy atom. The van der Waals surface area contributed by atoms with Gasteiger partial charge in [-0.2, -0.15) is 0 Å². The van der Waals surface area contributed by atoms with Crippen LogP contribution in [0.1, 0.15) is 26.7 Å². The van der Waals surface area contributed by atoms with Crippen LogP contribution >= 0.6 is 0 Å². The zero-order valence-electron chi connectivity index (χ0n) is 8.92. The highest BCUT2D eigenvalue weighted by Crippen LogP contribution is 2.15. The lowest BCUT2D eigenvalue weighted by molar-refractivity contribution is -0.125. The Hall–Kier alpha value is -0.610. The highest BCUT2D eigenvalue weighted by Gasteiger charge is 2.27. The molecule has 0 bridgehead atoms. The Labute approximate surface area is 85.1 Å². The van der Waals surface area contributed by atoms with Crippen molar-refractivity contribution in [1.82, 2.24) is 10.6 Å². The molecule has 0 aromatic heterocycles. The number of hydrogen-bond acceptors (Lipinski definition) is 3. The van der Waals surface area contributed by atoms with E-state index in [1.807, 2.05) is 0 Å². The first-order valence-corrected chi connectivity index (χ1v) is 5.29. The van der Waals surface area contributed by atoms with Crippen molar-refractivity contribution in [2.45, 2.75) is 38.8 Å². The van der Waals surface area contributed by atoms with Crippen molar-refractivity contribution < 1.29 is 9.90 Å². The molecule has 4 heteroatoms. The molecule has 3 N–H and O–H groups in total. The first-order chi connectivity index (χ1) is 6.65. The molecule has 4 nitrogen and oxygen atoms in total. The Bertz CT molecular complexity index is 197. The second-order valence-corrected chi connectivity index (χ2v) is 4.14. The molecule has 1 aliphatic heterocycles. The predicted octanol–water partition coefficient (Wildman–Crippen LogP) is -0.128. The molecule has 1 fully saturated rings. The highest BCUT2D eigenvalue weighted by molar-refractivity contribution is 5.82. The predicted molar refractivity (Wildman–Crippen MR) is 54.9 cm³/mol. The monoisotopic (exact) mass is 200 g/mol. The van der Waals surface area contributed by atoms with Gasteiger partial charge in [-0.3, -0.25) is 4.79 Å². The van der Waals surface area contributed by atoms with Gasteiger partial charge in [0.2, 0.25) is 5.91 Å². The molecule has 1 heterocycles. The van der Waals surface area contributed by atoms with Crippen molar-refractivity contribution in [3.8, 4) is 0 Å². The number of aliphatic hydroxyl groups is 1. The molecule has 0 spiro atoms. The van der Waals surface area contributed by atoms with E-state index in [2.05, 4.69) is 17.6 Å². The van der Waals surface area contributed by atoms with E-state index in [9.17, 15) is 4.79 Å². The summed E-state index contributed by atoms with van der Waals surface area (Å²) in [5.41, 5.74) is 0. The van der Waals surface area contributed by atoms with E-state index < -0.39 is 0 Å². The molecule has 3 atom stereocenters. The number of amides is 1. The third kappa shape index (κ3) is 2.96. The number of aliphatic hydroxyl groups excluding tert-OH is 1. The molecule has 0 radical (unpaired) electrons. The molecule has 2 unspecified atom stereocenters. The molecule has 0 aromatic rings. The summed E-state index contributed by atoms with van der Waals surface area (Å²) in [6.07, 6.45) is 2.24. The van der Waals surface area contributed by atoms with E-state index in [0.29, 0.717) is 5.92 Å². The first-order valence-electron chi connectivity index (χ1n) is 5.29. The molecule has 1 saturated heterocycles. The summed E-state index contributed by atoms with van der Waals surface area (Å²) in [6.45, 7) is 4.79. The van der Waals surface area contributed by atoms with E-state index in [1.54, 1.807) is 6.92 Å². The van der Waals surface area contributed by atoms with Crippen LogP contribution in [0.3, 0.4) is 0 Å². The lowest BCUT2D eigenvalue weighted by atomic mass is 9.92. The van der Waals surface area contributed by atoms with Gasteiger partial charge in [-0.15, -0.1) is 0 Å². The molecular formula is C10H20N2O2. The molecule has 1 rings (SSSR count). The van der Waals surface area contributed by atoms with Crippen LogP contribution in [0, 0.1) is 5.92 Å². The average Bonchev–Trinajstić information content (AvgIpc) is 2.18. The second kappa shape index (κ2) is 5.32. The molecule has 1 amide bonds. The van der Waals surface area contributed by atoms with Crippen molar-refractivity contribution in [2.24, 2.45) is 5.92 Å². The molecule has 0 aromatic carbocycles. The van der Waals surface area contributed by atoms with Crippen LogP contribution in [0.4, 0.5) is 0 Å². The van der Waals surface area contributed by atoms with Crippen LogP contribution < -0.4 is 10.6 Å². The van der Waals surface area contributed by atoms with Gasteiger partial charge in [-0.05, 0) is 32.2 Å². The minimum absolute atomic E-state index is 0.00710. The molecule has 0 aliphatic carbocycles. The van der Waals surface area contributed by atoms with E-state index in [4.69, 9.17) is 5.11 Å². The topological polar surface area (TPSA) is 61.4 Å². The summed E-state index contributed by atoms with van der Waals surface area (Å²) in [6, 6.07) is -0.240. The Morgan fingerprint density at radius 1 is 1.71 bits per heavy atom. The maximum absolute atomic E-state index is 11.7. The maximum atomic E-state index is 11.7. The zero-order chi connectivity index (χ0) is 10.6. The third-order valence-electron chi connectivity index (χ3n) is 2.71. The van der Waals surface area contributed by atoms with Crippen LogP contribution in [0.15, 0.2) is 0 Å². The number of hydrogen-bond donors (Lipinski definition) is 3. The van der Waals surface area contributed by atoms with Gasteiger partial charge in [0.25, 0.3) is 0 Å². The summed E-state index contributed by atoms with van der Waals surface area (Å²) >= 11 is 0. The van der Waals surface area contributed by atoms with Gasteiger partial charge in [0.15, 0.2) is 0 Å². The van der Waals surface area contributed by atoms with Crippen molar-refractivity contribution in [3.63, 3.8) is 0 Å². The van der Waals surface area contributed by atoms with Crippen LogP contribution in [-0.4, -0.2) is 36.2 Å². The van der Waals surface area contributed by atoms with Crippen molar-refractivity contribution in [3.05, 3.63) is 0 Å². The van der Waals surface area contributed by atoms with E-state index in [-0.39, 0.29) is 24.6 Å². The zero-order valence-corrected chi connectivity index (χ0v) is 8.92. The minimum Gasteiger partial charge on any atom is -0.394 e. The van der Waals surface area contributed by atoms with Gasteiger partial charge in [-0.1, -0.05) is 6.92 Å². The van der Waals surface area contributed by atoms with Crippen LogP contribution in [0.2, 0.25) is 0 Å². The number of carbonyl (C=O) groups excluding carboxylic acids is 1. The number of piperidine rings is 1. The normalized spacial score (nSPS) is 29.6. The standard InChI is InChI=1S/C10H20N2O2/c1-7-4-3-5-11-9(7)10(14)12-8(2)6-13/h7-9,11,13H,3-6H2,1-2H3,(H,12,14)/t7?,8-,9?/m0/s1. The van der Waals surface area contributed by atoms with Gasteiger partial charge in [0, 0.05) is 6.04 Å². The molecule has 14 heavy (non-hydrogen) atoms. The van der Waals surface area contributed by atoms with Gasteiger partial charge in [0.1, 0.15) is 0 Å². The summed E-state index contributed by atoms with van der Waals surface area (Å²) in [4.78, 5) is 11.7. The number of rotatable bonds is 3. The largest absolute Gasteiger partial charge is 0.394 e. The summed E-state index contributed by atoms with van der Waals surface area (Å²) < 4.78 is 0. The smallest absolute Gasteiger partial charge is 0.237 e. The quantitative estimate of drug-likeness (QED) is 0.595. The van der Waals surface area contributed by atoms with Crippen molar-refractivity contribution >= 4 is 5.91 Å². The fraction of sp³-hybridized carbons (Fsp3) is 0.900. The molecule has 1 aliphatic rings. The fourth-order valence-corrected chi connectivity index (χ4v) is 1.78. The van der Waals surface area contributed by atoms with Gasteiger partial charge >= 0.3 is 0 Å². The summed E-state index contributed by atoms with van der Waals surface area (Å²) in [5.74, 6) is 0.397. The minimum atomic E-state index is -0.154. The average molecular weight is 200 g/mol. The second-order valence-electron chi connectivity index (χ2n) is 4.14. The lowest BCUT2D eigenvalue weighted by Gasteiger charge is -2.29. The molecule has 0 saturated carbocycles. The van der Waals surface area contributed by atoms with Crippen LogP contribution in [0.5, 0.6) is 0 Å². The van der Waals surface area contributed by atoms with E-state index in [1.165, 1.54) is 0 Å². The maximum Gasteiger partial charge on any atom is 0.237 e. The van der Waals surface area contributed by atoms with Crippen molar-refractivity contribution in [1.29, 1.82) is 0 Å². The Kier molecular flexibility index (Phi) is 4.35. The van der Waals surface area contributed by atoms with Crippen LogP contribution in [0.25, 0.3) is 0 Å². The number of nitrogens with one attached hydrogen (secondary N) is 2. The first kappa shape index (κ1) is 11.5. The highest BCUT2D eigenvalue weighted by atomic mass is 16.3. The van der Waals surface area contributed by atoms with Gasteiger partial charge < -0.3 is 15.7 Å². The molecule has 82 valence electrons. The SMILES string of the molecule is CC1CCCNC1C(=O)N[C@@H](C)CO. The summed E-state index contributed by atoms with van der Waals surface area (Å²) in [5, 5.41) is 14.8. The van der Waals surface area contributed by atoms with Crippen molar-refractivity contribution in [2.75, 3.05) is 13.2 Å². The Morgan fingerprint density at radius 2 is 2.43 bits per heavy atom.